The van der Waals surface area contributed by atoms with Gasteiger partial charge in [0.2, 0.25) is 10.0 Å². The number of carbonyl (C=O) groups excluding carboxylic acids is 1. The fraction of sp³-hybridized carbons (Fsp3) is 0.667. The molecule has 0 spiro atoms. The van der Waals surface area contributed by atoms with Gasteiger partial charge in [0.15, 0.2) is 0 Å². The molecule has 1 heterocycles. The second-order valence-electron chi connectivity index (χ2n) is 8.18. The maximum absolute atomic E-state index is 13.3. The van der Waals surface area contributed by atoms with E-state index in [-0.39, 0.29) is 27.9 Å². The van der Waals surface area contributed by atoms with Crippen LogP contribution in [0.15, 0.2) is 23.1 Å². The first kappa shape index (κ1) is 21.6. The molecule has 0 bridgehead atoms. The van der Waals surface area contributed by atoms with E-state index in [1.165, 1.54) is 10.4 Å². The van der Waals surface area contributed by atoms with E-state index in [1.807, 2.05) is 4.90 Å². The van der Waals surface area contributed by atoms with Crippen molar-refractivity contribution in [1.82, 2.24) is 9.21 Å². The molecule has 1 amide bonds. The van der Waals surface area contributed by atoms with Crippen molar-refractivity contribution in [3.05, 3.63) is 28.8 Å². The zero-order valence-electron chi connectivity index (χ0n) is 17.0. The summed E-state index contributed by atoms with van der Waals surface area (Å²) in [7, 11) is -3.69. The highest BCUT2D eigenvalue weighted by molar-refractivity contribution is 7.89. The number of halogens is 1. The summed E-state index contributed by atoms with van der Waals surface area (Å²) < 4.78 is 27.7. The van der Waals surface area contributed by atoms with Crippen LogP contribution in [0.2, 0.25) is 5.02 Å². The summed E-state index contributed by atoms with van der Waals surface area (Å²) in [6.07, 6.45) is 5.78. The van der Waals surface area contributed by atoms with Gasteiger partial charge in [-0.3, -0.25) is 4.79 Å². The summed E-state index contributed by atoms with van der Waals surface area (Å²) in [5, 5.41) is 0.176. The number of amides is 1. The van der Waals surface area contributed by atoms with Crippen molar-refractivity contribution in [2.24, 2.45) is 5.92 Å². The predicted octanol–water partition coefficient (Wildman–Crippen LogP) is 4.55. The Hall–Kier alpha value is -1.11. The number of sulfonamides is 1. The Morgan fingerprint density at radius 3 is 2.43 bits per heavy atom. The zero-order chi connectivity index (χ0) is 20.5. The summed E-state index contributed by atoms with van der Waals surface area (Å²) in [4.78, 5) is 15.3. The SMILES string of the molecule is CCC(C)C(C)N(C(=O)c1ccc(Cl)c(S(=O)(=O)N2CCCCC2)c1)C1CC1. The molecule has 0 radical (unpaired) electrons. The molecule has 28 heavy (non-hydrogen) atoms. The third-order valence-electron chi connectivity index (χ3n) is 6.19. The smallest absolute Gasteiger partial charge is 0.254 e. The van der Waals surface area contributed by atoms with Crippen LogP contribution in [0.1, 0.15) is 69.7 Å². The molecule has 1 saturated heterocycles. The molecule has 0 aromatic heterocycles. The number of hydrogen-bond acceptors (Lipinski definition) is 3. The Labute approximate surface area is 174 Å². The third kappa shape index (κ3) is 4.39. The topological polar surface area (TPSA) is 57.7 Å². The first-order chi connectivity index (χ1) is 13.3. The highest BCUT2D eigenvalue weighted by Crippen LogP contribution is 2.34. The molecule has 0 N–H and O–H groups in total. The standard InChI is InChI=1S/C21H31ClN2O3S/c1-4-15(2)16(3)24(18-9-10-18)21(25)17-8-11-19(22)20(14-17)28(26,27)23-12-6-5-7-13-23/h8,11,14-16,18H,4-7,9-10,12-13H2,1-3H3. The Morgan fingerprint density at radius 2 is 1.86 bits per heavy atom. The molecule has 156 valence electrons. The molecule has 1 saturated carbocycles. The highest BCUT2D eigenvalue weighted by atomic mass is 35.5. The minimum absolute atomic E-state index is 0.0499. The van der Waals surface area contributed by atoms with Crippen molar-refractivity contribution in [3.63, 3.8) is 0 Å². The summed E-state index contributed by atoms with van der Waals surface area (Å²) in [6.45, 7) is 7.39. The maximum atomic E-state index is 13.3. The van der Waals surface area contributed by atoms with Crippen LogP contribution in [0.3, 0.4) is 0 Å². The summed E-state index contributed by atoms with van der Waals surface area (Å²) >= 11 is 6.26. The Kier molecular flexibility index (Phi) is 6.72. The van der Waals surface area contributed by atoms with Gasteiger partial charge in [-0.05, 0) is 56.7 Å². The molecule has 1 aliphatic carbocycles. The molecule has 2 atom stereocenters. The zero-order valence-corrected chi connectivity index (χ0v) is 18.6. The molecule has 1 aromatic rings. The molecule has 1 aromatic carbocycles. The predicted molar refractivity (Wildman–Crippen MR) is 112 cm³/mol. The second-order valence-corrected chi connectivity index (χ2v) is 10.5. The van der Waals surface area contributed by atoms with Crippen molar-refractivity contribution in [3.8, 4) is 0 Å². The monoisotopic (exact) mass is 426 g/mol. The number of carbonyl (C=O) groups is 1. The van der Waals surface area contributed by atoms with E-state index in [9.17, 15) is 13.2 Å². The number of benzene rings is 1. The lowest BCUT2D eigenvalue weighted by atomic mass is 9.98. The quantitative estimate of drug-likeness (QED) is 0.642. The van der Waals surface area contributed by atoms with Crippen molar-refractivity contribution >= 4 is 27.5 Å². The van der Waals surface area contributed by atoms with Gasteiger partial charge >= 0.3 is 0 Å². The van der Waals surface area contributed by atoms with Crippen LogP contribution in [0, 0.1) is 5.92 Å². The molecular weight excluding hydrogens is 396 g/mol. The van der Waals surface area contributed by atoms with E-state index in [4.69, 9.17) is 11.6 Å². The van der Waals surface area contributed by atoms with Crippen LogP contribution in [0.5, 0.6) is 0 Å². The lowest BCUT2D eigenvalue weighted by Crippen LogP contribution is -2.43. The largest absolute Gasteiger partial charge is 0.333 e. The van der Waals surface area contributed by atoms with E-state index in [0.717, 1.165) is 38.5 Å². The van der Waals surface area contributed by atoms with Crippen LogP contribution in [-0.2, 0) is 10.0 Å². The van der Waals surface area contributed by atoms with E-state index in [0.29, 0.717) is 24.6 Å². The highest BCUT2D eigenvalue weighted by Gasteiger charge is 2.38. The third-order valence-corrected chi connectivity index (χ3v) is 8.57. The van der Waals surface area contributed by atoms with Crippen LogP contribution >= 0.6 is 11.6 Å². The molecule has 3 rings (SSSR count). The maximum Gasteiger partial charge on any atom is 0.254 e. The van der Waals surface area contributed by atoms with Crippen molar-refractivity contribution in [1.29, 1.82) is 0 Å². The van der Waals surface area contributed by atoms with E-state index in [1.54, 1.807) is 12.1 Å². The van der Waals surface area contributed by atoms with Crippen molar-refractivity contribution in [2.45, 2.75) is 76.3 Å². The van der Waals surface area contributed by atoms with E-state index in [2.05, 4.69) is 20.8 Å². The van der Waals surface area contributed by atoms with Crippen molar-refractivity contribution in [2.75, 3.05) is 13.1 Å². The molecule has 7 heteroatoms. The Morgan fingerprint density at radius 1 is 1.21 bits per heavy atom. The molecule has 2 unspecified atom stereocenters. The van der Waals surface area contributed by atoms with Gasteiger partial charge in [-0.15, -0.1) is 0 Å². The fourth-order valence-electron chi connectivity index (χ4n) is 3.88. The van der Waals surface area contributed by atoms with E-state index >= 15 is 0 Å². The molecule has 1 aliphatic heterocycles. The first-order valence-electron chi connectivity index (χ1n) is 10.4. The average molecular weight is 427 g/mol. The average Bonchev–Trinajstić information content (AvgIpc) is 3.53. The summed E-state index contributed by atoms with van der Waals surface area (Å²) in [5.41, 5.74) is 0.405. The number of hydrogen-bond donors (Lipinski definition) is 0. The van der Waals surface area contributed by atoms with Gasteiger partial charge in [0.1, 0.15) is 4.90 Å². The first-order valence-corrected chi connectivity index (χ1v) is 12.2. The van der Waals surface area contributed by atoms with Crippen LogP contribution in [-0.4, -0.2) is 48.7 Å². The minimum Gasteiger partial charge on any atom is -0.333 e. The Balaban J connectivity index is 1.92. The van der Waals surface area contributed by atoms with Crippen LogP contribution in [0.25, 0.3) is 0 Å². The number of rotatable bonds is 7. The van der Waals surface area contributed by atoms with Gasteiger partial charge in [-0.2, -0.15) is 4.31 Å². The van der Waals surface area contributed by atoms with Crippen molar-refractivity contribution < 1.29 is 13.2 Å². The van der Waals surface area contributed by atoms with Gasteiger partial charge in [0.25, 0.3) is 5.91 Å². The lowest BCUT2D eigenvalue weighted by molar-refractivity contribution is 0.0615. The Bertz CT molecular complexity index is 817. The van der Waals surface area contributed by atoms with Crippen LogP contribution < -0.4 is 0 Å². The van der Waals surface area contributed by atoms with Gasteiger partial charge in [-0.1, -0.05) is 38.3 Å². The molecule has 2 fully saturated rings. The summed E-state index contributed by atoms with van der Waals surface area (Å²) in [6, 6.07) is 5.05. The van der Waals surface area contributed by atoms with Gasteiger partial charge in [0.05, 0.1) is 5.02 Å². The molecule has 5 nitrogen and oxygen atoms in total. The normalized spacial score (nSPS) is 20.6. The summed E-state index contributed by atoms with van der Waals surface area (Å²) in [5.74, 6) is 0.287. The number of piperidine rings is 1. The lowest BCUT2D eigenvalue weighted by Gasteiger charge is -2.33. The molecule has 2 aliphatic rings. The molecular formula is C21H31ClN2O3S. The van der Waals surface area contributed by atoms with Crippen LogP contribution in [0.4, 0.5) is 0 Å². The van der Waals surface area contributed by atoms with Gasteiger partial charge in [-0.25, -0.2) is 8.42 Å². The minimum atomic E-state index is -3.69. The van der Waals surface area contributed by atoms with Gasteiger partial charge < -0.3 is 4.90 Å². The van der Waals surface area contributed by atoms with Gasteiger partial charge in [0, 0.05) is 30.7 Å². The van der Waals surface area contributed by atoms with E-state index < -0.39 is 10.0 Å². The fourth-order valence-corrected chi connectivity index (χ4v) is 5.90. The second kappa shape index (κ2) is 8.72. The number of nitrogens with zero attached hydrogens (tertiary/aromatic N) is 2.